The van der Waals surface area contributed by atoms with Gasteiger partial charge in [-0.1, -0.05) is 6.07 Å². The van der Waals surface area contributed by atoms with Gasteiger partial charge in [0.15, 0.2) is 0 Å². The lowest BCUT2D eigenvalue weighted by Crippen LogP contribution is -2.32. The number of nitrogens with one attached hydrogen (secondary N) is 1. The van der Waals surface area contributed by atoms with E-state index < -0.39 is 10.0 Å². The van der Waals surface area contributed by atoms with Crippen LogP contribution in [-0.4, -0.2) is 24.7 Å². The maximum absolute atomic E-state index is 13.2. The van der Waals surface area contributed by atoms with Gasteiger partial charge in [0.1, 0.15) is 0 Å². The fourth-order valence-electron chi connectivity index (χ4n) is 3.40. The summed E-state index contributed by atoms with van der Waals surface area (Å²) in [6, 6.07) is 5.63. The van der Waals surface area contributed by atoms with E-state index in [4.69, 9.17) is 0 Å². The molecule has 144 valence electrons. The van der Waals surface area contributed by atoms with Gasteiger partial charge in [-0.25, -0.2) is 13.1 Å². The third-order valence-electron chi connectivity index (χ3n) is 5.38. The van der Waals surface area contributed by atoms with Gasteiger partial charge in [-0.15, -0.1) is 11.3 Å². The molecule has 0 aliphatic heterocycles. The first-order valence-electron chi connectivity index (χ1n) is 8.83. The molecule has 0 aliphatic carbocycles. The quantitative estimate of drug-likeness (QED) is 0.675. The lowest BCUT2D eigenvalue weighted by atomic mass is 9.95. The van der Waals surface area contributed by atoms with Crippen LogP contribution in [0.5, 0.6) is 0 Å². The Bertz CT molecular complexity index is 974. The molecule has 3 aromatic rings. The summed E-state index contributed by atoms with van der Waals surface area (Å²) in [7, 11) is -3.65. The standard InChI is InChI=1S/C20H25N3O2S2/c1-13-14(2)16(4)20(17(5)15(13)3)27(24,25)22-12-18(19-8-6-11-26-19)23-10-7-9-21-23/h6-11,18,22H,12H2,1-5H3. The molecule has 3 rings (SSSR count). The van der Waals surface area contributed by atoms with E-state index in [0.717, 1.165) is 32.7 Å². The molecule has 1 N–H and O–H groups in total. The number of hydrogen-bond donors (Lipinski definition) is 1. The first-order valence-corrected chi connectivity index (χ1v) is 11.2. The molecule has 0 spiro atoms. The van der Waals surface area contributed by atoms with Crippen LogP contribution in [0.25, 0.3) is 0 Å². The average Bonchev–Trinajstić information content (AvgIpc) is 3.32. The highest BCUT2D eigenvalue weighted by Gasteiger charge is 2.25. The molecule has 0 aliphatic rings. The van der Waals surface area contributed by atoms with Crippen molar-refractivity contribution in [3.63, 3.8) is 0 Å². The summed E-state index contributed by atoms with van der Waals surface area (Å²) in [6.45, 7) is 10.0. The molecular formula is C20H25N3O2S2. The van der Waals surface area contributed by atoms with E-state index in [1.54, 1.807) is 22.2 Å². The SMILES string of the molecule is Cc1c(C)c(C)c(S(=O)(=O)NCC(c2cccs2)n2cccn2)c(C)c1C. The van der Waals surface area contributed by atoms with Gasteiger partial charge in [0.25, 0.3) is 0 Å². The van der Waals surface area contributed by atoms with Gasteiger partial charge in [0.2, 0.25) is 10.0 Å². The minimum absolute atomic E-state index is 0.178. The summed E-state index contributed by atoms with van der Waals surface area (Å²) < 4.78 is 31.0. The minimum Gasteiger partial charge on any atom is -0.263 e. The summed E-state index contributed by atoms with van der Waals surface area (Å²) in [6.07, 6.45) is 3.56. The van der Waals surface area contributed by atoms with Gasteiger partial charge in [-0.3, -0.25) is 4.68 Å². The van der Waals surface area contributed by atoms with Crippen LogP contribution in [-0.2, 0) is 10.0 Å². The van der Waals surface area contributed by atoms with Crippen LogP contribution in [0.3, 0.4) is 0 Å². The highest BCUT2D eigenvalue weighted by atomic mass is 32.2. The van der Waals surface area contributed by atoms with Gasteiger partial charge < -0.3 is 0 Å². The molecule has 0 fully saturated rings. The molecule has 2 heterocycles. The summed E-state index contributed by atoms with van der Waals surface area (Å²) >= 11 is 1.59. The van der Waals surface area contributed by atoms with Crippen molar-refractivity contribution < 1.29 is 8.42 Å². The Morgan fingerprint density at radius 1 is 1.04 bits per heavy atom. The molecule has 0 saturated carbocycles. The molecule has 0 amide bonds. The third-order valence-corrected chi connectivity index (χ3v) is 8.05. The third kappa shape index (κ3) is 3.72. The van der Waals surface area contributed by atoms with Crippen LogP contribution in [0.2, 0.25) is 0 Å². The van der Waals surface area contributed by atoms with Gasteiger partial charge >= 0.3 is 0 Å². The fourth-order valence-corrected chi connectivity index (χ4v) is 5.85. The lowest BCUT2D eigenvalue weighted by Gasteiger charge is -2.21. The highest BCUT2D eigenvalue weighted by molar-refractivity contribution is 7.89. The lowest BCUT2D eigenvalue weighted by molar-refractivity contribution is 0.511. The summed E-state index contributed by atoms with van der Waals surface area (Å²) in [5, 5.41) is 6.30. The van der Waals surface area contributed by atoms with Crippen LogP contribution in [0.1, 0.15) is 38.7 Å². The van der Waals surface area contributed by atoms with E-state index in [1.165, 1.54) is 0 Å². The van der Waals surface area contributed by atoms with Crippen molar-refractivity contribution in [3.05, 3.63) is 68.7 Å². The molecule has 5 nitrogen and oxygen atoms in total. The zero-order valence-electron chi connectivity index (χ0n) is 16.3. The minimum atomic E-state index is -3.65. The van der Waals surface area contributed by atoms with E-state index in [9.17, 15) is 8.42 Å². The van der Waals surface area contributed by atoms with Crippen molar-refractivity contribution >= 4 is 21.4 Å². The first kappa shape index (κ1) is 19.8. The molecular weight excluding hydrogens is 378 g/mol. The average molecular weight is 404 g/mol. The van der Waals surface area contributed by atoms with Crippen molar-refractivity contribution in [1.29, 1.82) is 0 Å². The summed E-state index contributed by atoms with van der Waals surface area (Å²) in [5.74, 6) is 0. The monoisotopic (exact) mass is 403 g/mol. The molecule has 0 bridgehead atoms. The molecule has 1 aromatic carbocycles. The van der Waals surface area contributed by atoms with Gasteiger partial charge in [0.05, 0.1) is 10.9 Å². The van der Waals surface area contributed by atoms with E-state index in [-0.39, 0.29) is 12.6 Å². The second-order valence-corrected chi connectivity index (χ2v) is 9.51. The van der Waals surface area contributed by atoms with Crippen molar-refractivity contribution in [3.8, 4) is 0 Å². The van der Waals surface area contributed by atoms with E-state index in [0.29, 0.717) is 4.90 Å². The Hall–Kier alpha value is -1.96. The number of hydrogen-bond acceptors (Lipinski definition) is 4. The maximum Gasteiger partial charge on any atom is 0.241 e. The van der Waals surface area contributed by atoms with Crippen molar-refractivity contribution in [2.75, 3.05) is 6.54 Å². The van der Waals surface area contributed by atoms with Crippen LogP contribution in [0.15, 0.2) is 40.9 Å². The number of rotatable bonds is 6. The van der Waals surface area contributed by atoms with Crippen LogP contribution in [0.4, 0.5) is 0 Å². The largest absolute Gasteiger partial charge is 0.263 e. The number of benzene rings is 1. The van der Waals surface area contributed by atoms with Crippen molar-refractivity contribution in [1.82, 2.24) is 14.5 Å². The fraction of sp³-hybridized carbons (Fsp3) is 0.350. The molecule has 1 unspecified atom stereocenters. The topological polar surface area (TPSA) is 64.0 Å². The molecule has 0 saturated heterocycles. The molecule has 7 heteroatoms. The Labute approximate surface area is 165 Å². The number of nitrogens with zero attached hydrogens (tertiary/aromatic N) is 2. The van der Waals surface area contributed by atoms with Crippen LogP contribution >= 0.6 is 11.3 Å². The van der Waals surface area contributed by atoms with Crippen molar-refractivity contribution in [2.45, 2.75) is 45.6 Å². The van der Waals surface area contributed by atoms with Gasteiger partial charge in [0, 0.05) is 23.8 Å². The van der Waals surface area contributed by atoms with Gasteiger partial charge in [-0.05, 0) is 79.9 Å². The van der Waals surface area contributed by atoms with E-state index >= 15 is 0 Å². The predicted molar refractivity (Wildman–Crippen MR) is 110 cm³/mol. The van der Waals surface area contributed by atoms with Crippen LogP contribution < -0.4 is 4.72 Å². The Kier molecular flexibility index (Phi) is 5.55. The zero-order chi connectivity index (χ0) is 19.8. The molecule has 0 radical (unpaired) electrons. The second-order valence-electron chi connectivity index (χ2n) is 6.82. The normalized spacial score (nSPS) is 13.1. The van der Waals surface area contributed by atoms with Crippen molar-refractivity contribution in [2.24, 2.45) is 0 Å². The summed E-state index contributed by atoms with van der Waals surface area (Å²) in [5.41, 5.74) is 4.84. The Morgan fingerprint density at radius 2 is 1.67 bits per heavy atom. The maximum atomic E-state index is 13.2. The Morgan fingerprint density at radius 3 is 2.19 bits per heavy atom. The molecule has 27 heavy (non-hydrogen) atoms. The van der Waals surface area contributed by atoms with Gasteiger partial charge in [-0.2, -0.15) is 5.10 Å². The second kappa shape index (κ2) is 7.58. The number of sulfonamides is 1. The van der Waals surface area contributed by atoms with E-state index in [1.807, 2.05) is 64.4 Å². The zero-order valence-corrected chi connectivity index (χ0v) is 17.9. The Balaban J connectivity index is 1.96. The summed E-state index contributed by atoms with van der Waals surface area (Å²) in [4.78, 5) is 1.46. The van der Waals surface area contributed by atoms with E-state index in [2.05, 4.69) is 9.82 Å². The predicted octanol–water partition coefficient (Wildman–Crippen LogP) is 4.05. The number of thiophene rings is 1. The number of aromatic nitrogens is 2. The molecule has 1 atom stereocenters. The first-order chi connectivity index (χ1) is 12.7. The van der Waals surface area contributed by atoms with Crippen LogP contribution in [0, 0.1) is 34.6 Å². The smallest absolute Gasteiger partial charge is 0.241 e. The molecule has 2 aromatic heterocycles. The highest BCUT2D eigenvalue weighted by Crippen LogP contribution is 2.30.